The van der Waals surface area contributed by atoms with Crippen LogP contribution in [0.3, 0.4) is 0 Å². The van der Waals surface area contributed by atoms with Crippen molar-refractivity contribution >= 4 is 5.82 Å². The Kier molecular flexibility index (Phi) is 2.50. The molecule has 0 spiro atoms. The Labute approximate surface area is 72.3 Å². The number of alkyl halides is 2. The Hall–Kier alpha value is -1.59. The van der Waals surface area contributed by atoms with E-state index in [9.17, 15) is 13.6 Å². The van der Waals surface area contributed by atoms with E-state index in [-0.39, 0.29) is 11.6 Å². The second-order valence-electron chi connectivity index (χ2n) is 2.34. The molecule has 0 radical (unpaired) electrons. The van der Waals surface area contributed by atoms with Crippen LogP contribution in [-0.2, 0) is 0 Å². The normalized spacial score (nSPS) is 10.5. The number of nitrogens with two attached hydrogens (primary N) is 1. The molecule has 6 heteroatoms. The minimum atomic E-state index is -2.88. The molecular formula is C7H8F2N2O2. The molecule has 0 aliphatic heterocycles. The molecule has 0 aromatic carbocycles. The van der Waals surface area contributed by atoms with Crippen LogP contribution in [0.15, 0.2) is 10.9 Å². The Morgan fingerprint density at radius 3 is 2.69 bits per heavy atom. The molecule has 3 N–H and O–H groups in total. The van der Waals surface area contributed by atoms with Gasteiger partial charge < -0.3 is 15.5 Å². The average molecular weight is 190 g/mol. The summed E-state index contributed by atoms with van der Waals surface area (Å²) in [7, 11) is 1.19. The molecule has 0 saturated carbocycles. The third-order valence-electron chi connectivity index (χ3n) is 1.49. The van der Waals surface area contributed by atoms with E-state index in [1.54, 1.807) is 0 Å². The topological polar surface area (TPSA) is 68.1 Å². The van der Waals surface area contributed by atoms with Crippen LogP contribution in [0.5, 0.6) is 5.75 Å². The molecule has 0 aliphatic rings. The largest absolute Gasteiger partial charge is 0.496 e. The highest BCUT2D eigenvalue weighted by Gasteiger charge is 2.18. The van der Waals surface area contributed by atoms with Gasteiger partial charge in [0.25, 0.3) is 12.0 Å². The zero-order valence-electron chi connectivity index (χ0n) is 6.80. The Bertz CT molecular complexity index is 362. The van der Waals surface area contributed by atoms with Crippen molar-refractivity contribution in [3.8, 4) is 5.75 Å². The van der Waals surface area contributed by atoms with Crippen molar-refractivity contribution in [2.24, 2.45) is 0 Å². The van der Waals surface area contributed by atoms with E-state index in [2.05, 4.69) is 9.72 Å². The van der Waals surface area contributed by atoms with Gasteiger partial charge in [0, 0.05) is 6.07 Å². The van der Waals surface area contributed by atoms with E-state index in [0.717, 1.165) is 6.07 Å². The number of pyridine rings is 1. The van der Waals surface area contributed by atoms with Crippen LogP contribution in [0.1, 0.15) is 12.0 Å². The van der Waals surface area contributed by atoms with E-state index in [0.29, 0.717) is 0 Å². The zero-order valence-corrected chi connectivity index (χ0v) is 6.80. The fourth-order valence-electron chi connectivity index (χ4n) is 0.941. The summed E-state index contributed by atoms with van der Waals surface area (Å²) in [5.41, 5.74) is 3.60. The highest BCUT2D eigenvalue weighted by molar-refractivity contribution is 5.42. The molecule has 1 rings (SSSR count). The van der Waals surface area contributed by atoms with Crippen molar-refractivity contribution in [1.29, 1.82) is 0 Å². The molecule has 1 aromatic heterocycles. The lowest BCUT2D eigenvalue weighted by Gasteiger charge is -2.06. The number of rotatable bonds is 2. The fraction of sp³-hybridized carbons (Fsp3) is 0.286. The van der Waals surface area contributed by atoms with Gasteiger partial charge in [-0.25, -0.2) is 8.78 Å². The molecule has 72 valence electrons. The Morgan fingerprint density at radius 2 is 2.23 bits per heavy atom. The number of anilines is 1. The van der Waals surface area contributed by atoms with Crippen molar-refractivity contribution in [2.75, 3.05) is 12.8 Å². The SMILES string of the molecule is COc1cc(N)[nH]c(=O)c1C(F)F. The second kappa shape index (κ2) is 3.42. The first-order valence-electron chi connectivity index (χ1n) is 3.41. The van der Waals surface area contributed by atoms with Crippen LogP contribution in [0.2, 0.25) is 0 Å². The number of nitrogen functional groups attached to an aromatic ring is 1. The molecule has 0 bridgehead atoms. The van der Waals surface area contributed by atoms with Crippen molar-refractivity contribution < 1.29 is 13.5 Å². The Balaban J connectivity index is 3.39. The third kappa shape index (κ3) is 1.77. The summed E-state index contributed by atoms with van der Waals surface area (Å²) >= 11 is 0. The molecule has 0 unspecified atom stereocenters. The maximum absolute atomic E-state index is 12.3. The van der Waals surface area contributed by atoms with Gasteiger partial charge >= 0.3 is 0 Å². The van der Waals surface area contributed by atoms with Crippen molar-refractivity contribution in [3.05, 3.63) is 22.0 Å². The number of halogens is 2. The fourth-order valence-corrected chi connectivity index (χ4v) is 0.941. The lowest BCUT2D eigenvalue weighted by atomic mass is 10.2. The maximum Gasteiger partial charge on any atom is 0.272 e. The summed E-state index contributed by atoms with van der Waals surface area (Å²) in [5.74, 6) is -0.206. The van der Waals surface area contributed by atoms with Gasteiger partial charge in [-0.15, -0.1) is 0 Å². The minimum absolute atomic E-state index is 0.00810. The standard InChI is InChI=1S/C7H8F2N2O2/c1-13-3-2-4(10)11-7(12)5(3)6(8)9/h2,6H,1H3,(H3,10,11,12). The number of hydrogen-bond donors (Lipinski definition) is 2. The molecule has 0 saturated heterocycles. The summed E-state index contributed by atoms with van der Waals surface area (Å²) in [6.45, 7) is 0. The van der Waals surface area contributed by atoms with Crippen molar-refractivity contribution in [1.82, 2.24) is 4.98 Å². The van der Waals surface area contributed by atoms with Gasteiger partial charge in [-0.3, -0.25) is 4.79 Å². The number of nitrogens with one attached hydrogen (secondary N) is 1. The smallest absolute Gasteiger partial charge is 0.272 e. The van der Waals surface area contributed by atoms with Gasteiger partial charge in [-0.2, -0.15) is 0 Å². The lowest BCUT2D eigenvalue weighted by Crippen LogP contribution is -2.16. The van der Waals surface area contributed by atoms with E-state index >= 15 is 0 Å². The third-order valence-corrected chi connectivity index (χ3v) is 1.49. The molecule has 0 aliphatic carbocycles. The molecule has 0 fully saturated rings. The summed E-state index contributed by atoms with van der Waals surface area (Å²) in [4.78, 5) is 13.0. The average Bonchev–Trinajstić information content (AvgIpc) is 2.01. The van der Waals surface area contributed by atoms with Crippen LogP contribution < -0.4 is 16.0 Å². The summed E-state index contributed by atoms with van der Waals surface area (Å²) in [6, 6.07) is 1.14. The molecule has 13 heavy (non-hydrogen) atoms. The van der Waals surface area contributed by atoms with E-state index in [1.165, 1.54) is 7.11 Å². The molecule has 4 nitrogen and oxygen atoms in total. The summed E-state index contributed by atoms with van der Waals surface area (Å²) < 4.78 is 29.1. The molecular weight excluding hydrogens is 182 g/mol. The molecule has 0 amide bonds. The van der Waals surface area contributed by atoms with Gasteiger partial charge in [0.2, 0.25) is 0 Å². The van der Waals surface area contributed by atoms with Crippen molar-refractivity contribution in [2.45, 2.75) is 6.43 Å². The number of hydrogen-bond acceptors (Lipinski definition) is 3. The van der Waals surface area contributed by atoms with Gasteiger partial charge in [-0.05, 0) is 0 Å². The van der Waals surface area contributed by atoms with Crippen LogP contribution in [0, 0.1) is 0 Å². The second-order valence-corrected chi connectivity index (χ2v) is 2.34. The van der Waals surface area contributed by atoms with Crippen molar-refractivity contribution in [3.63, 3.8) is 0 Å². The number of H-pyrrole nitrogens is 1. The molecule has 1 heterocycles. The first kappa shape index (κ1) is 9.50. The van der Waals surface area contributed by atoms with Crippen LogP contribution in [0.25, 0.3) is 0 Å². The highest BCUT2D eigenvalue weighted by Crippen LogP contribution is 2.25. The van der Waals surface area contributed by atoms with E-state index in [1.807, 2.05) is 0 Å². The monoisotopic (exact) mass is 190 g/mol. The predicted molar refractivity (Wildman–Crippen MR) is 43.0 cm³/mol. The van der Waals surface area contributed by atoms with Crippen LogP contribution in [0.4, 0.5) is 14.6 Å². The van der Waals surface area contributed by atoms with Gasteiger partial charge in [0.15, 0.2) is 0 Å². The van der Waals surface area contributed by atoms with Crippen LogP contribution in [-0.4, -0.2) is 12.1 Å². The molecule has 1 aromatic rings. The summed E-state index contributed by atoms with van der Waals surface area (Å²) in [5, 5.41) is 0. The highest BCUT2D eigenvalue weighted by atomic mass is 19.3. The lowest BCUT2D eigenvalue weighted by molar-refractivity contribution is 0.145. The quantitative estimate of drug-likeness (QED) is 0.728. The molecule has 0 atom stereocenters. The number of ether oxygens (including phenoxy) is 1. The van der Waals surface area contributed by atoms with E-state index < -0.39 is 17.5 Å². The van der Waals surface area contributed by atoms with Gasteiger partial charge in [0.05, 0.1) is 7.11 Å². The number of aromatic amines is 1. The summed E-state index contributed by atoms with van der Waals surface area (Å²) in [6.07, 6.45) is -2.88. The first-order chi connectivity index (χ1) is 6.06. The number of methoxy groups -OCH3 is 1. The zero-order chi connectivity index (χ0) is 10.0. The first-order valence-corrected chi connectivity index (χ1v) is 3.41. The van der Waals surface area contributed by atoms with Crippen LogP contribution >= 0.6 is 0 Å². The van der Waals surface area contributed by atoms with Gasteiger partial charge in [-0.1, -0.05) is 0 Å². The number of aromatic nitrogens is 1. The predicted octanol–water partition coefficient (Wildman–Crippen LogP) is 0.903. The van der Waals surface area contributed by atoms with E-state index in [4.69, 9.17) is 5.73 Å². The minimum Gasteiger partial charge on any atom is -0.496 e. The van der Waals surface area contributed by atoms with Gasteiger partial charge in [0.1, 0.15) is 17.1 Å². The maximum atomic E-state index is 12.3. The Morgan fingerprint density at radius 1 is 1.62 bits per heavy atom.